The van der Waals surface area contributed by atoms with Crippen LogP contribution in [0.4, 0.5) is 4.79 Å². The molecular weight excluding hydrogens is 654 g/mol. The van der Waals surface area contributed by atoms with E-state index in [0.717, 1.165) is 11.8 Å². The first kappa shape index (κ1) is 34.5. The molecule has 1 saturated heterocycles. The first-order chi connectivity index (χ1) is 23.3. The first-order valence-corrected chi connectivity index (χ1v) is 18.3. The van der Waals surface area contributed by atoms with E-state index in [9.17, 15) is 32.7 Å². The number of nitrogens with one attached hydrogen (secondary N) is 3. The van der Waals surface area contributed by atoms with Gasteiger partial charge in [-0.3, -0.25) is 19.1 Å². The van der Waals surface area contributed by atoms with Crippen molar-refractivity contribution in [1.29, 1.82) is 0 Å². The lowest BCUT2D eigenvalue weighted by Crippen LogP contribution is -2.59. The minimum atomic E-state index is -3.90. The summed E-state index contributed by atoms with van der Waals surface area (Å²) in [7, 11) is -2.33. The van der Waals surface area contributed by atoms with Crippen molar-refractivity contribution in [3.8, 4) is 11.6 Å². The number of sulfonamides is 1. The Kier molecular flexibility index (Phi) is 9.48. The van der Waals surface area contributed by atoms with E-state index < -0.39 is 68.7 Å². The number of aromatic nitrogens is 1. The second-order valence-corrected chi connectivity index (χ2v) is 15.8. The molecular formula is C34H43N5O9S. The van der Waals surface area contributed by atoms with Gasteiger partial charge in [-0.2, -0.15) is 0 Å². The molecule has 0 unspecified atom stereocenters. The van der Waals surface area contributed by atoms with Crippen LogP contribution in [-0.2, 0) is 24.4 Å². The Morgan fingerprint density at radius 3 is 2.59 bits per heavy atom. The number of allylic oxidation sites excluding steroid dienone is 1. The highest BCUT2D eigenvalue weighted by Crippen LogP contribution is 2.46. The number of hydrogen-bond acceptors (Lipinski definition) is 9. The molecule has 2 saturated carbocycles. The average molecular weight is 698 g/mol. The molecule has 4 N–H and O–H groups in total. The van der Waals surface area contributed by atoms with E-state index in [2.05, 4.69) is 20.3 Å². The quantitative estimate of drug-likeness (QED) is 0.313. The van der Waals surface area contributed by atoms with Crippen molar-refractivity contribution >= 4 is 44.6 Å². The van der Waals surface area contributed by atoms with Gasteiger partial charge in [0.15, 0.2) is 0 Å². The minimum absolute atomic E-state index is 0.0234. The molecule has 3 heterocycles. The fourth-order valence-electron chi connectivity index (χ4n) is 6.96. The summed E-state index contributed by atoms with van der Waals surface area (Å²) >= 11 is 0. The van der Waals surface area contributed by atoms with Gasteiger partial charge in [-0.15, -0.1) is 0 Å². The molecule has 1 aromatic carbocycles. The van der Waals surface area contributed by atoms with Crippen molar-refractivity contribution in [2.24, 2.45) is 17.8 Å². The van der Waals surface area contributed by atoms with E-state index >= 15 is 0 Å². The number of pyridine rings is 1. The number of methoxy groups -OCH3 is 1. The average Bonchev–Trinajstić information content (AvgIpc) is 3.98. The van der Waals surface area contributed by atoms with Crippen molar-refractivity contribution in [1.82, 2.24) is 25.2 Å². The van der Waals surface area contributed by atoms with Crippen LogP contribution < -0.4 is 24.8 Å². The Morgan fingerprint density at radius 2 is 1.88 bits per heavy atom. The van der Waals surface area contributed by atoms with E-state index in [-0.39, 0.29) is 37.1 Å². The van der Waals surface area contributed by atoms with Gasteiger partial charge in [-0.05, 0) is 73.6 Å². The lowest BCUT2D eigenvalue weighted by Gasteiger charge is -2.31. The number of ether oxygens (including phenoxy) is 2. The molecule has 2 aliphatic carbocycles. The predicted molar refractivity (Wildman–Crippen MR) is 178 cm³/mol. The number of nitrogens with zero attached hydrogens (tertiary/aromatic N) is 2. The zero-order chi connectivity index (χ0) is 35.1. The fourth-order valence-corrected chi connectivity index (χ4v) is 8.32. The highest BCUT2D eigenvalue weighted by atomic mass is 32.2. The number of benzene rings is 1. The predicted octanol–water partition coefficient (Wildman–Crippen LogP) is 2.72. The molecule has 0 spiro atoms. The summed E-state index contributed by atoms with van der Waals surface area (Å²) in [6, 6.07) is 4.93. The van der Waals surface area contributed by atoms with Crippen LogP contribution in [0.15, 0.2) is 42.6 Å². The molecule has 1 aromatic heterocycles. The highest BCUT2D eigenvalue weighted by molar-refractivity contribution is 7.91. The number of carbonyl (C=O) groups excluding carboxylic acids is 3. The van der Waals surface area contributed by atoms with E-state index in [0.29, 0.717) is 36.8 Å². The van der Waals surface area contributed by atoms with Gasteiger partial charge < -0.3 is 30.1 Å². The number of rotatable bonds is 7. The third-order valence-corrected chi connectivity index (χ3v) is 12.0. The molecule has 264 valence electrons. The minimum Gasteiger partial charge on any atom is -0.497 e. The Morgan fingerprint density at radius 1 is 1.10 bits per heavy atom. The monoisotopic (exact) mass is 697 g/mol. The molecule has 49 heavy (non-hydrogen) atoms. The smallest absolute Gasteiger partial charge is 0.405 e. The van der Waals surface area contributed by atoms with Gasteiger partial charge in [0.25, 0.3) is 5.91 Å². The summed E-state index contributed by atoms with van der Waals surface area (Å²) < 4.78 is 39.4. The Hall–Kier alpha value is -4.40. The molecule has 4 aliphatic rings. The molecule has 2 aromatic rings. The van der Waals surface area contributed by atoms with Crippen LogP contribution in [0.2, 0.25) is 0 Å². The largest absolute Gasteiger partial charge is 0.497 e. The van der Waals surface area contributed by atoms with Gasteiger partial charge >= 0.3 is 6.09 Å². The van der Waals surface area contributed by atoms with Gasteiger partial charge in [0.05, 0.1) is 18.9 Å². The molecule has 4 amide bonds. The summed E-state index contributed by atoms with van der Waals surface area (Å²) in [5, 5.41) is 15.8. The standard InChI is InChI=1S/C34H43N5O9S/c1-19-5-4-6-20(2)28(36-33(43)44)31(41)39-18-24(48-30-26-12-9-23(47-3)15-21(26)13-14-35-30)16-27(39)29(40)37-34(17-22(34)8-7-19)32(42)38-49(45,46)25-10-11-25/h7-9,12-15,19-20,22,24-25,27-28,36H,4-6,10-11,16-18H2,1-3H3,(H,37,40)(H,38,42)(H,43,44)/t19-,20-,22-,24-,27+,28+,34-/m1/s1. The van der Waals surface area contributed by atoms with E-state index in [1.54, 1.807) is 38.4 Å². The number of carboxylic acid groups (broad SMARTS) is 1. The zero-order valence-corrected chi connectivity index (χ0v) is 28.6. The summed E-state index contributed by atoms with van der Waals surface area (Å²) in [5.41, 5.74) is -1.52. The summed E-state index contributed by atoms with van der Waals surface area (Å²) in [6.07, 6.45) is 6.47. The summed E-state index contributed by atoms with van der Waals surface area (Å²) in [6.45, 7) is 3.76. The number of carbonyl (C=O) groups is 4. The van der Waals surface area contributed by atoms with Gasteiger partial charge in [-0.25, -0.2) is 18.2 Å². The van der Waals surface area contributed by atoms with Gasteiger partial charge in [0, 0.05) is 23.9 Å². The van der Waals surface area contributed by atoms with Crippen LogP contribution in [0.1, 0.15) is 58.8 Å². The third-order valence-electron chi connectivity index (χ3n) is 10.1. The molecule has 0 radical (unpaired) electrons. The molecule has 6 rings (SSSR count). The van der Waals surface area contributed by atoms with Crippen LogP contribution >= 0.6 is 0 Å². The van der Waals surface area contributed by atoms with Crippen molar-refractivity contribution in [3.05, 3.63) is 42.6 Å². The Bertz CT molecular complexity index is 1780. The van der Waals surface area contributed by atoms with Gasteiger partial charge in [0.1, 0.15) is 29.5 Å². The van der Waals surface area contributed by atoms with Crippen LogP contribution in [0.25, 0.3) is 10.8 Å². The molecule has 0 bridgehead atoms. The van der Waals surface area contributed by atoms with Crippen molar-refractivity contribution in [2.45, 2.75) is 87.8 Å². The van der Waals surface area contributed by atoms with E-state index in [1.807, 2.05) is 25.1 Å². The third kappa shape index (κ3) is 7.31. The number of hydrogen-bond donors (Lipinski definition) is 4. The molecule has 2 aliphatic heterocycles. The maximum atomic E-state index is 14.2. The Balaban J connectivity index is 1.33. The number of fused-ring (bicyclic) bond motifs is 3. The van der Waals surface area contributed by atoms with Crippen molar-refractivity contribution in [2.75, 3.05) is 13.7 Å². The van der Waals surface area contributed by atoms with Gasteiger partial charge in [0.2, 0.25) is 27.7 Å². The van der Waals surface area contributed by atoms with Crippen LogP contribution in [-0.4, -0.2) is 89.9 Å². The second-order valence-electron chi connectivity index (χ2n) is 13.8. The first-order valence-electron chi connectivity index (χ1n) is 16.8. The maximum Gasteiger partial charge on any atom is 0.405 e. The van der Waals surface area contributed by atoms with Crippen molar-refractivity contribution in [3.63, 3.8) is 0 Å². The van der Waals surface area contributed by atoms with Crippen LogP contribution in [0.3, 0.4) is 0 Å². The lowest BCUT2D eigenvalue weighted by molar-refractivity contribution is -0.142. The maximum absolute atomic E-state index is 14.2. The summed E-state index contributed by atoms with van der Waals surface area (Å²) in [5.74, 6) is -1.86. The molecule has 7 atom stereocenters. The SMILES string of the molecule is COc1ccc2c(O[C@@H]3C[C@H]4C(=O)N[C@]5(C(=O)NS(=O)(=O)C6CC6)C[C@H]5C=C[C@H](C)CCC[C@@H](C)[C@H](NC(=O)O)C(=O)N4C3)nccc2c1. The molecule has 14 nitrogen and oxygen atoms in total. The normalized spacial score (nSPS) is 30.6. The van der Waals surface area contributed by atoms with Crippen LogP contribution in [0.5, 0.6) is 11.6 Å². The van der Waals surface area contributed by atoms with Gasteiger partial charge in [-0.1, -0.05) is 32.4 Å². The topological polar surface area (TPSA) is 193 Å². The highest BCUT2D eigenvalue weighted by Gasteiger charge is 2.62. The summed E-state index contributed by atoms with van der Waals surface area (Å²) in [4.78, 5) is 59.7. The molecule has 15 heteroatoms. The van der Waals surface area contributed by atoms with E-state index in [1.165, 1.54) is 4.90 Å². The zero-order valence-electron chi connectivity index (χ0n) is 27.8. The lowest BCUT2D eigenvalue weighted by atomic mass is 9.92. The van der Waals surface area contributed by atoms with Crippen LogP contribution in [0, 0.1) is 17.8 Å². The second kappa shape index (κ2) is 13.5. The number of amides is 4. The van der Waals surface area contributed by atoms with Crippen molar-refractivity contribution < 1.29 is 42.2 Å². The van der Waals surface area contributed by atoms with E-state index in [4.69, 9.17) is 9.47 Å². The molecule has 3 fully saturated rings. The fraction of sp³-hybridized carbons (Fsp3) is 0.559. The Labute approximate surface area is 285 Å².